The van der Waals surface area contributed by atoms with Crippen LogP contribution >= 0.6 is 0 Å². The topological polar surface area (TPSA) is 25.2 Å². The van der Waals surface area contributed by atoms with Crippen LogP contribution in [0.5, 0.6) is 0 Å². The van der Waals surface area contributed by atoms with Crippen molar-refractivity contribution in [2.75, 3.05) is 0 Å². The lowest BCUT2D eigenvalue weighted by molar-refractivity contribution is 1.43. The minimum Gasteiger partial charge on any atom is -0.250 e. The molecule has 1 aromatic heterocycles. The van der Waals surface area contributed by atoms with E-state index in [1.807, 2.05) is 6.07 Å². The highest BCUT2D eigenvalue weighted by molar-refractivity contribution is 6.32. The Balaban J connectivity index is 1.90. The third-order valence-corrected chi connectivity index (χ3v) is 4.22. The van der Waals surface area contributed by atoms with Crippen molar-refractivity contribution < 1.29 is 0 Å². The van der Waals surface area contributed by atoms with Gasteiger partial charge in [-0.1, -0.05) is 48.6 Å². The largest absolute Gasteiger partial charge is 0.250 e. The van der Waals surface area contributed by atoms with Gasteiger partial charge in [0.05, 0.1) is 22.4 Å². The van der Waals surface area contributed by atoms with Crippen LogP contribution in [0.1, 0.15) is 12.0 Å². The van der Waals surface area contributed by atoms with E-state index in [1.54, 1.807) is 0 Å². The molecule has 1 aliphatic carbocycles. The van der Waals surface area contributed by atoms with E-state index in [-0.39, 0.29) is 0 Å². The number of allylic oxidation sites excluding steroid dienone is 4. The number of aliphatic imine (C=N–C) groups is 1. The number of fused-ring (bicyclic) bond motifs is 6. The van der Waals surface area contributed by atoms with Gasteiger partial charge in [-0.3, -0.25) is 0 Å². The van der Waals surface area contributed by atoms with Crippen molar-refractivity contribution in [2.45, 2.75) is 6.42 Å². The molecule has 3 aromatic rings. The van der Waals surface area contributed by atoms with Gasteiger partial charge < -0.3 is 0 Å². The molecule has 0 fully saturated rings. The lowest BCUT2D eigenvalue weighted by Gasteiger charge is -2.07. The summed E-state index contributed by atoms with van der Waals surface area (Å²) in [6.45, 7) is 0. The summed E-state index contributed by atoms with van der Waals surface area (Å²) in [4.78, 5) is 9.70. The number of rotatable bonds is 0. The lowest BCUT2D eigenvalue weighted by atomic mass is 9.96. The number of hydrogen-bond donors (Lipinski definition) is 0. The summed E-state index contributed by atoms with van der Waals surface area (Å²) in [5.74, 6) is 0. The molecule has 21 heavy (non-hydrogen) atoms. The smallest absolute Gasteiger partial charge is 0.0975 e. The highest BCUT2D eigenvalue weighted by Gasteiger charge is 2.23. The molecule has 2 nitrogen and oxygen atoms in total. The molecule has 2 heteroatoms. The standard InChI is InChI=1S/C19H12N2/c1-3-7-16-12(5-1)11-13-9-10-15-14-6-2-4-8-17(14)21-19(15)18(13)20-16/h1-7,9-11H,8H2. The number of aromatic nitrogens is 1. The van der Waals surface area contributed by atoms with Crippen molar-refractivity contribution in [3.63, 3.8) is 0 Å². The SMILES string of the molecule is C1=CCC2=Nc3c(ccc4cc5ccccc5nc34)C2=C1. The van der Waals surface area contributed by atoms with E-state index in [0.717, 1.165) is 34.2 Å². The Bertz CT molecular complexity index is 1010. The first kappa shape index (κ1) is 11.0. The molecule has 98 valence electrons. The van der Waals surface area contributed by atoms with Crippen LogP contribution in [-0.4, -0.2) is 10.7 Å². The number of hydrogen-bond acceptors (Lipinski definition) is 2. The van der Waals surface area contributed by atoms with Crippen LogP contribution in [0.3, 0.4) is 0 Å². The van der Waals surface area contributed by atoms with Gasteiger partial charge in [0.2, 0.25) is 0 Å². The van der Waals surface area contributed by atoms with E-state index in [0.29, 0.717) is 0 Å². The summed E-state index contributed by atoms with van der Waals surface area (Å²) in [5, 5.41) is 2.33. The summed E-state index contributed by atoms with van der Waals surface area (Å²) in [5.41, 5.74) is 6.70. The van der Waals surface area contributed by atoms with Crippen LogP contribution in [0.15, 0.2) is 65.7 Å². The number of para-hydroxylation sites is 1. The van der Waals surface area contributed by atoms with Gasteiger partial charge in [-0.25, -0.2) is 9.98 Å². The van der Waals surface area contributed by atoms with Crippen molar-refractivity contribution in [2.24, 2.45) is 4.99 Å². The molecule has 0 amide bonds. The van der Waals surface area contributed by atoms with E-state index in [9.17, 15) is 0 Å². The molecule has 0 atom stereocenters. The van der Waals surface area contributed by atoms with Crippen molar-refractivity contribution in [1.82, 2.24) is 4.98 Å². The van der Waals surface area contributed by atoms with Crippen LogP contribution in [0.4, 0.5) is 5.69 Å². The summed E-state index contributed by atoms with van der Waals surface area (Å²) in [6, 6.07) is 14.8. The monoisotopic (exact) mass is 268 g/mol. The number of pyridine rings is 1. The van der Waals surface area contributed by atoms with Gasteiger partial charge in [-0.05, 0) is 12.1 Å². The Morgan fingerprint density at radius 3 is 2.90 bits per heavy atom. The van der Waals surface area contributed by atoms with Crippen molar-refractivity contribution in [3.8, 4) is 0 Å². The first-order valence-corrected chi connectivity index (χ1v) is 7.18. The highest BCUT2D eigenvalue weighted by Crippen LogP contribution is 2.41. The first-order chi connectivity index (χ1) is 10.4. The molecule has 2 aromatic carbocycles. The third-order valence-electron chi connectivity index (χ3n) is 4.22. The minimum atomic E-state index is 0.912. The summed E-state index contributed by atoms with van der Waals surface area (Å²) in [7, 11) is 0. The van der Waals surface area contributed by atoms with E-state index in [2.05, 4.69) is 54.6 Å². The lowest BCUT2D eigenvalue weighted by Crippen LogP contribution is -1.97. The number of nitrogens with zero attached hydrogens (tertiary/aromatic N) is 2. The van der Waals surface area contributed by atoms with Gasteiger partial charge >= 0.3 is 0 Å². The maximum absolute atomic E-state index is 4.85. The van der Waals surface area contributed by atoms with Gasteiger partial charge in [0, 0.05) is 28.3 Å². The molecular weight excluding hydrogens is 256 g/mol. The van der Waals surface area contributed by atoms with Gasteiger partial charge in [0.15, 0.2) is 0 Å². The maximum Gasteiger partial charge on any atom is 0.0975 e. The van der Waals surface area contributed by atoms with E-state index in [1.165, 1.54) is 16.5 Å². The molecular formula is C19H12N2. The summed E-state index contributed by atoms with van der Waals surface area (Å²) < 4.78 is 0. The van der Waals surface area contributed by atoms with Gasteiger partial charge in [-0.15, -0.1) is 0 Å². The van der Waals surface area contributed by atoms with E-state index >= 15 is 0 Å². The summed E-state index contributed by atoms with van der Waals surface area (Å²) >= 11 is 0. The third kappa shape index (κ3) is 1.47. The van der Waals surface area contributed by atoms with Crippen LogP contribution in [0.25, 0.3) is 27.4 Å². The average Bonchev–Trinajstić information content (AvgIpc) is 2.92. The van der Waals surface area contributed by atoms with Crippen LogP contribution in [-0.2, 0) is 0 Å². The Morgan fingerprint density at radius 1 is 0.952 bits per heavy atom. The second-order valence-electron chi connectivity index (χ2n) is 5.49. The Labute approximate surface area is 122 Å². The predicted molar refractivity (Wildman–Crippen MR) is 88.1 cm³/mol. The van der Waals surface area contributed by atoms with Crippen LogP contribution in [0.2, 0.25) is 0 Å². The number of benzene rings is 2. The van der Waals surface area contributed by atoms with Crippen LogP contribution in [0, 0.1) is 0 Å². The maximum atomic E-state index is 4.85. The summed E-state index contributed by atoms with van der Waals surface area (Å²) in [6.07, 6.45) is 7.33. The molecule has 0 N–H and O–H groups in total. The van der Waals surface area contributed by atoms with Crippen LogP contribution < -0.4 is 0 Å². The Kier molecular flexibility index (Phi) is 2.03. The Hall–Kier alpha value is -2.74. The fraction of sp³-hybridized carbons (Fsp3) is 0.0526. The minimum absolute atomic E-state index is 0.912. The molecule has 0 radical (unpaired) electrons. The van der Waals surface area contributed by atoms with Gasteiger partial charge in [-0.2, -0.15) is 0 Å². The first-order valence-electron chi connectivity index (χ1n) is 7.18. The Morgan fingerprint density at radius 2 is 1.90 bits per heavy atom. The molecule has 2 aliphatic rings. The van der Waals surface area contributed by atoms with Crippen molar-refractivity contribution >= 4 is 38.8 Å². The fourth-order valence-corrected chi connectivity index (χ4v) is 3.20. The molecule has 0 saturated heterocycles. The highest BCUT2D eigenvalue weighted by atomic mass is 14.8. The van der Waals surface area contributed by atoms with E-state index < -0.39 is 0 Å². The molecule has 0 spiro atoms. The quantitative estimate of drug-likeness (QED) is 0.537. The molecule has 2 heterocycles. The zero-order chi connectivity index (χ0) is 13.8. The second kappa shape index (κ2) is 3.89. The van der Waals surface area contributed by atoms with Gasteiger partial charge in [0.25, 0.3) is 0 Å². The predicted octanol–water partition coefficient (Wildman–Crippen LogP) is 4.82. The normalized spacial score (nSPS) is 15.8. The van der Waals surface area contributed by atoms with Gasteiger partial charge in [0.1, 0.15) is 0 Å². The fourth-order valence-electron chi connectivity index (χ4n) is 3.20. The average molecular weight is 268 g/mol. The van der Waals surface area contributed by atoms with Crippen molar-refractivity contribution in [3.05, 3.63) is 66.3 Å². The molecule has 0 saturated carbocycles. The molecule has 1 aliphatic heterocycles. The van der Waals surface area contributed by atoms with E-state index in [4.69, 9.17) is 9.98 Å². The zero-order valence-corrected chi connectivity index (χ0v) is 11.4. The zero-order valence-electron chi connectivity index (χ0n) is 11.4. The molecule has 0 bridgehead atoms. The molecule has 5 rings (SSSR count). The second-order valence-corrected chi connectivity index (χ2v) is 5.49. The van der Waals surface area contributed by atoms with Crippen molar-refractivity contribution in [1.29, 1.82) is 0 Å². The molecule has 0 unspecified atom stereocenters.